The highest BCUT2D eigenvalue weighted by molar-refractivity contribution is 6.30. The van der Waals surface area contributed by atoms with Gasteiger partial charge in [0.25, 0.3) is 0 Å². The van der Waals surface area contributed by atoms with Crippen LogP contribution < -0.4 is 5.32 Å². The van der Waals surface area contributed by atoms with Crippen molar-refractivity contribution in [1.29, 1.82) is 0 Å². The Morgan fingerprint density at radius 2 is 2.16 bits per heavy atom. The largest absolute Gasteiger partial charge is 0.391 e. The first kappa shape index (κ1) is 18.5. The molecule has 0 saturated carbocycles. The number of aliphatic imine (C=N–C) groups is 1. The molecule has 0 amide bonds. The van der Waals surface area contributed by atoms with E-state index in [2.05, 4.69) is 34.2 Å². The van der Waals surface area contributed by atoms with E-state index in [4.69, 9.17) is 16.6 Å². The van der Waals surface area contributed by atoms with Gasteiger partial charge in [0.15, 0.2) is 5.96 Å². The fourth-order valence-electron chi connectivity index (χ4n) is 3.73. The average Bonchev–Trinajstić information content (AvgIpc) is 3.26. The fraction of sp³-hybridized carbons (Fsp3) is 0.632. The highest BCUT2D eigenvalue weighted by atomic mass is 35.5. The summed E-state index contributed by atoms with van der Waals surface area (Å²) in [6, 6.07) is 8.41. The molecule has 2 N–H and O–H groups in total. The summed E-state index contributed by atoms with van der Waals surface area (Å²) >= 11 is 6.23. The molecule has 2 atom stereocenters. The Bertz CT molecular complexity index is 589. The number of halogens is 1. The lowest BCUT2D eigenvalue weighted by molar-refractivity contribution is 0.187. The minimum atomic E-state index is -0.244. The van der Waals surface area contributed by atoms with E-state index in [0.717, 1.165) is 43.6 Å². The molecule has 25 heavy (non-hydrogen) atoms. The zero-order valence-corrected chi connectivity index (χ0v) is 15.8. The Labute approximate surface area is 155 Å². The minimum absolute atomic E-state index is 0.244. The van der Waals surface area contributed by atoms with Crippen molar-refractivity contribution < 1.29 is 5.11 Å². The molecular weight excluding hydrogens is 336 g/mol. The third-order valence-corrected chi connectivity index (χ3v) is 5.26. The number of rotatable bonds is 5. The molecule has 2 heterocycles. The van der Waals surface area contributed by atoms with Crippen molar-refractivity contribution in [3.05, 3.63) is 34.9 Å². The fourth-order valence-corrected chi connectivity index (χ4v) is 3.93. The number of guanidine groups is 1. The lowest BCUT2D eigenvalue weighted by atomic mass is 10.1. The van der Waals surface area contributed by atoms with Crippen molar-refractivity contribution in [3.63, 3.8) is 0 Å². The maximum Gasteiger partial charge on any atom is 0.194 e. The molecule has 2 aliphatic heterocycles. The normalized spacial score (nSPS) is 23.2. The summed E-state index contributed by atoms with van der Waals surface area (Å²) < 4.78 is 0. The van der Waals surface area contributed by atoms with Crippen molar-refractivity contribution in [2.45, 2.75) is 38.3 Å². The second-order valence-electron chi connectivity index (χ2n) is 6.90. The van der Waals surface area contributed by atoms with Gasteiger partial charge in [0, 0.05) is 24.7 Å². The number of aliphatic hydroxyl groups excluding tert-OH is 1. The third-order valence-electron chi connectivity index (χ3n) is 5.03. The number of benzene rings is 1. The Morgan fingerprint density at radius 3 is 2.80 bits per heavy atom. The molecule has 1 aromatic rings. The number of likely N-dealkylation sites (tertiary alicyclic amines) is 2. The van der Waals surface area contributed by atoms with Gasteiger partial charge < -0.3 is 15.3 Å². The maximum atomic E-state index is 9.83. The van der Waals surface area contributed by atoms with E-state index in [1.807, 2.05) is 12.1 Å². The zero-order valence-electron chi connectivity index (χ0n) is 15.0. The summed E-state index contributed by atoms with van der Waals surface area (Å²) in [7, 11) is 0. The standard InChI is InChI=1S/C19H29ClN4O/c1-2-21-19(24-11-8-17(25)14-24)22-13-18(23-9-3-4-10-23)15-6-5-7-16(20)12-15/h5-7,12,17-18,25H,2-4,8-11,13-14H2,1H3,(H,21,22)/t17-,18?/m1/s1. The monoisotopic (exact) mass is 364 g/mol. The zero-order chi connectivity index (χ0) is 17.6. The number of nitrogens with one attached hydrogen (secondary N) is 1. The van der Waals surface area contributed by atoms with E-state index in [-0.39, 0.29) is 12.1 Å². The minimum Gasteiger partial charge on any atom is -0.391 e. The number of β-amino-alcohol motifs (C(OH)–C–C–N with tert-alkyl or cyclic N) is 1. The number of hydrogen-bond donors (Lipinski definition) is 2. The van der Waals surface area contributed by atoms with E-state index in [9.17, 15) is 5.11 Å². The van der Waals surface area contributed by atoms with Gasteiger partial charge >= 0.3 is 0 Å². The molecule has 138 valence electrons. The first-order valence-corrected chi connectivity index (χ1v) is 9.76. The van der Waals surface area contributed by atoms with Crippen LogP contribution in [0.3, 0.4) is 0 Å². The number of hydrogen-bond acceptors (Lipinski definition) is 3. The molecule has 1 aromatic carbocycles. The van der Waals surface area contributed by atoms with Crippen LogP contribution in [0.4, 0.5) is 0 Å². The second-order valence-corrected chi connectivity index (χ2v) is 7.33. The Balaban J connectivity index is 1.78. The maximum absolute atomic E-state index is 9.83. The summed E-state index contributed by atoms with van der Waals surface area (Å²) in [5, 5.41) is 14.0. The van der Waals surface area contributed by atoms with Crippen LogP contribution in [0.5, 0.6) is 0 Å². The molecule has 0 aromatic heterocycles. The molecule has 1 unspecified atom stereocenters. The smallest absolute Gasteiger partial charge is 0.194 e. The topological polar surface area (TPSA) is 51.1 Å². The lowest BCUT2D eigenvalue weighted by Gasteiger charge is -2.28. The third kappa shape index (κ3) is 4.87. The van der Waals surface area contributed by atoms with Gasteiger partial charge in [-0.1, -0.05) is 23.7 Å². The molecule has 0 aliphatic carbocycles. The Morgan fingerprint density at radius 1 is 1.36 bits per heavy atom. The van der Waals surface area contributed by atoms with Crippen LogP contribution in [0, 0.1) is 0 Å². The molecule has 2 fully saturated rings. The lowest BCUT2D eigenvalue weighted by Crippen LogP contribution is -2.41. The van der Waals surface area contributed by atoms with Gasteiger partial charge in [-0.25, -0.2) is 0 Å². The summed E-state index contributed by atoms with van der Waals surface area (Å²) in [6.45, 7) is 7.37. The number of aliphatic hydroxyl groups is 1. The summed E-state index contributed by atoms with van der Waals surface area (Å²) in [5.74, 6) is 0.908. The van der Waals surface area contributed by atoms with Crippen molar-refractivity contribution in [3.8, 4) is 0 Å². The summed E-state index contributed by atoms with van der Waals surface area (Å²) in [4.78, 5) is 9.59. The van der Waals surface area contributed by atoms with Crippen molar-refractivity contribution in [1.82, 2.24) is 15.1 Å². The summed E-state index contributed by atoms with van der Waals surface area (Å²) in [6.07, 6.45) is 3.07. The quantitative estimate of drug-likeness (QED) is 0.622. The van der Waals surface area contributed by atoms with E-state index < -0.39 is 0 Å². The van der Waals surface area contributed by atoms with Crippen LogP contribution in [0.1, 0.15) is 37.8 Å². The molecule has 0 radical (unpaired) electrons. The van der Waals surface area contributed by atoms with E-state index in [1.54, 1.807) is 0 Å². The van der Waals surface area contributed by atoms with Crippen LogP contribution in [-0.4, -0.2) is 66.2 Å². The van der Waals surface area contributed by atoms with E-state index >= 15 is 0 Å². The van der Waals surface area contributed by atoms with Crippen LogP contribution in [0.2, 0.25) is 5.02 Å². The molecule has 3 rings (SSSR count). The second kappa shape index (κ2) is 8.88. The van der Waals surface area contributed by atoms with Crippen molar-refractivity contribution >= 4 is 17.6 Å². The highest BCUT2D eigenvalue weighted by Crippen LogP contribution is 2.27. The van der Waals surface area contributed by atoms with Crippen LogP contribution >= 0.6 is 11.6 Å². The molecule has 2 aliphatic rings. The molecule has 0 spiro atoms. The van der Waals surface area contributed by atoms with E-state index in [0.29, 0.717) is 13.1 Å². The van der Waals surface area contributed by atoms with Gasteiger partial charge in [0.05, 0.1) is 18.7 Å². The van der Waals surface area contributed by atoms with Crippen LogP contribution in [0.25, 0.3) is 0 Å². The molecule has 6 heteroatoms. The molecule has 0 bridgehead atoms. The van der Waals surface area contributed by atoms with Crippen molar-refractivity contribution in [2.24, 2.45) is 4.99 Å². The first-order valence-electron chi connectivity index (χ1n) is 9.38. The SMILES string of the molecule is CCNC(=NCC(c1cccc(Cl)c1)N1CCCC1)N1CC[C@@H](O)C1. The van der Waals surface area contributed by atoms with Gasteiger partial charge in [-0.3, -0.25) is 9.89 Å². The van der Waals surface area contributed by atoms with Gasteiger partial charge in [-0.15, -0.1) is 0 Å². The van der Waals surface area contributed by atoms with Gasteiger partial charge in [0.1, 0.15) is 0 Å². The average molecular weight is 365 g/mol. The predicted molar refractivity (Wildman–Crippen MR) is 103 cm³/mol. The molecule has 5 nitrogen and oxygen atoms in total. The van der Waals surface area contributed by atoms with E-state index in [1.165, 1.54) is 18.4 Å². The highest BCUT2D eigenvalue weighted by Gasteiger charge is 2.26. The van der Waals surface area contributed by atoms with Crippen molar-refractivity contribution in [2.75, 3.05) is 39.3 Å². The number of nitrogens with zero attached hydrogens (tertiary/aromatic N) is 3. The predicted octanol–water partition coefficient (Wildman–Crippen LogP) is 2.51. The Kier molecular flexibility index (Phi) is 6.57. The summed E-state index contributed by atoms with van der Waals surface area (Å²) in [5.41, 5.74) is 1.23. The van der Waals surface area contributed by atoms with Gasteiger partial charge in [0.2, 0.25) is 0 Å². The van der Waals surface area contributed by atoms with Crippen LogP contribution in [-0.2, 0) is 0 Å². The first-order chi connectivity index (χ1) is 12.2. The van der Waals surface area contributed by atoms with Gasteiger partial charge in [-0.2, -0.15) is 0 Å². The van der Waals surface area contributed by atoms with Crippen LogP contribution in [0.15, 0.2) is 29.3 Å². The Hall–Kier alpha value is -1.30. The molecular formula is C19H29ClN4O. The molecule has 2 saturated heterocycles. The van der Waals surface area contributed by atoms with Gasteiger partial charge in [-0.05, 0) is 57.0 Å².